The minimum absolute atomic E-state index is 0.0605. The fraction of sp³-hybridized carbons (Fsp3) is 0.167. The fourth-order valence-electron chi connectivity index (χ4n) is 10.3. The lowest BCUT2D eigenvalue weighted by Gasteiger charge is -2.50. The van der Waals surface area contributed by atoms with Crippen LogP contribution in [0.15, 0.2) is 127 Å². The number of rotatable bonds is 2. The molecule has 0 bridgehead atoms. The second-order valence-corrected chi connectivity index (χ2v) is 17.2. The molecule has 12 rings (SSSR count). The Hall–Kier alpha value is -5.78. The molecule has 2 unspecified atom stereocenters. The third-order valence-corrected chi connectivity index (χ3v) is 14.3. The van der Waals surface area contributed by atoms with Crippen LogP contribution in [0.3, 0.4) is 0 Å². The normalized spacial score (nSPS) is 18.9. The Morgan fingerprint density at radius 1 is 0.604 bits per heavy atom. The minimum atomic E-state index is -0.0863. The van der Waals surface area contributed by atoms with Crippen LogP contribution in [0.2, 0.25) is 0 Å². The second-order valence-electron chi connectivity index (χ2n) is 16.1. The summed E-state index contributed by atoms with van der Waals surface area (Å²) >= 11 is 1.79. The topological polar surface area (TPSA) is 35.6 Å². The summed E-state index contributed by atoms with van der Waals surface area (Å²) in [5.41, 5.74) is 12.6. The van der Waals surface area contributed by atoms with Crippen molar-refractivity contribution in [1.29, 1.82) is 0 Å². The average molecular weight is 701 g/mol. The Labute approximate surface area is 311 Å². The van der Waals surface area contributed by atoms with Crippen LogP contribution in [0, 0.1) is 5.92 Å². The van der Waals surface area contributed by atoms with E-state index in [1.54, 1.807) is 11.3 Å². The summed E-state index contributed by atoms with van der Waals surface area (Å²) in [7, 11) is 0. The number of thiophene rings is 1. The third kappa shape index (κ3) is 3.61. The van der Waals surface area contributed by atoms with Crippen LogP contribution in [-0.2, 0) is 10.8 Å². The van der Waals surface area contributed by atoms with Crippen molar-refractivity contribution >= 4 is 75.3 Å². The van der Waals surface area contributed by atoms with Gasteiger partial charge in [-0.1, -0.05) is 137 Å². The molecule has 1 aliphatic heterocycles. The van der Waals surface area contributed by atoms with Crippen molar-refractivity contribution < 1.29 is 0 Å². The Morgan fingerprint density at radius 3 is 2.11 bits per heavy atom. The molecular weight excluding hydrogens is 665 g/mol. The first-order chi connectivity index (χ1) is 25.8. The molecule has 0 radical (unpaired) electrons. The van der Waals surface area contributed by atoms with Gasteiger partial charge in [-0.05, 0) is 52.6 Å². The molecule has 10 aromatic rings. The summed E-state index contributed by atoms with van der Waals surface area (Å²) in [6, 6.07) is 46.8. The molecule has 0 fully saturated rings. The van der Waals surface area contributed by atoms with Crippen LogP contribution in [0.4, 0.5) is 0 Å². The molecule has 254 valence electrons. The molecule has 53 heavy (non-hydrogen) atoms. The van der Waals surface area contributed by atoms with Gasteiger partial charge in [-0.2, -0.15) is 0 Å². The Morgan fingerprint density at radius 2 is 1.26 bits per heavy atom. The highest BCUT2D eigenvalue weighted by Gasteiger charge is 2.49. The van der Waals surface area contributed by atoms with Crippen LogP contribution < -0.4 is 0 Å². The second kappa shape index (κ2) is 10.00. The van der Waals surface area contributed by atoms with Crippen LogP contribution in [0.25, 0.3) is 86.8 Å². The largest absolute Gasteiger partial charge is 0.307 e. The van der Waals surface area contributed by atoms with Crippen molar-refractivity contribution in [2.75, 3.05) is 0 Å². The van der Waals surface area contributed by atoms with Gasteiger partial charge in [0.05, 0.1) is 38.0 Å². The maximum atomic E-state index is 5.54. The predicted octanol–water partition coefficient (Wildman–Crippen LogP) is 12.6. The van der Waals surface area contributed by atoms with E-state index in [-0.39, 0.29) is 10.8 Å². The van der Waals surface area contributed by atoms with Crippen LogP contribution >= 0.6 is 11.3 Å². The van der Waals surface area contributed by atoms with E-state index in [1.165, 1.54) is 70.6 Å². The molecule has 0 amide bonds. The molecule has 2 aliphatic rings. The highest BCUT2D eigenvalue weighted by atomic mass is 32.1. The molecule has 4 aromatic heterocycles. The first-order valence-electron chi connectivity index (χ1n) is 18.7. The molecule has 0 saturated heterocycles. The number of hydrogen-bond acceptors (Lipinski definition) is 3. The summed E-state index contributed by atoms with van der Waals surface area (Å²) in [4.78, 5) is 10.8. The first-order valence-corrected chi connectivity index (χ1v) is 19.6. The van der Waals surface area contributed by atoms with E-state index in [1.807, 2.05) is 0 Å². The summed E-state index contributed by atoms with van der Waals surface area (Å²) in [6.07, 6.45) is 1.12. The number of benzene rings is 6. The molecule has 0 spiro atoms. The van der Waals surface area contributed by atoms with E-state index in [4.69, 9.17) is 9.97 Å². The maximum Gasteiger partial charge on any atom is 0.162 e. The van der Waals surface area contributed by atoms with E-state index in [2.05, 4.69) is 164 Å². The van der Waals surface area contributed by atoms with Gasteiger partial charge in [0.15, 0.2) is 11.6 Å². The van der Waals surface area contributed by atoms with Crippen LogP contribution in [0.5, 0.6) is 0 Å². The minimum Gasteiger partial charge on any atom is -0.307 e. The molecule has 0 N–H and O–H groups in total. The first kappa shape index (κ1) is 29.8. The molecule has 0 saturated carbocycles. The van der Waals surface area contributed by atoms with Crippen LogP contribution in [0.1, 0.15) is 50.8 Å². The molecule has 1 aliphatic carbocycles. The lowest BCUT2D eigenvalue weighted by molar-refractivity contribution is 0.244. The molecular formula is C48H36N4S. The quantitative estimate of drug-likeness (QED) is 0.180. The van der Waals surface area contributed by atoms with Crippen molar-refractivity contribution in [1.82, 2.24) is 19.1 Å². The predicted molar refractivity (Wildman–Crippen MR) is 222 cm³/mol. The Kier molecular flexibility index (Phi) is 5.61. The standard InChI is InChI=1S/C48H36N4S/c1-27-26-48(4)35-20-12-18-30-32-25-24-31-29-16-8-10-21-36(29)52(43(31)42(32)51(41(30)35)37-22-13-19-34(39(37)48)47(27,2)3)46-44-40(33-17-9-11-23-38(33)53-44)49-45(50-46)28-14-6-5-7-15-28/h5-25,27H,26H2,1-4H3. The third-order valence-electron chi connectivity index (χ3n) is 13.1. The molecule has 5 heterocycles. The van der Waals surface area contributed by atoms with Gasteiger partial charge < -0.3 is 4.57 Å². The molecule has 5 heteroatoms. The lowest BCUT2D eigenvalue weighted by atomic mass is 9.54. The Bertz CT molecular complexity index is 3210. The zero-order valence-electron chi connectivity index (χ0n) is 30.1. The van der Waals surface area contributed by atoms with Gasteiger partial charge in [-0.15, -0.1) is 11.3 Å². The van der Waals surface area contributed by atoms with Crippen molar-refractivity contribution in [2.45, 2.75) is 44.9 Å². The van der Waals surface area contributed by atoms with Gasteiger partial charge in [0, 0.05) is 42.6 Å². The fourth-order valence-corrected chi connectivity index (χ4v) is 11.4. The summed E-state index contributed by atoms with van der Waals surface area (Å²) in [5.74, 6) is 2.21. The van der Waals surface area contributed by atoms with Gasteiger partial charge in [0.1, 0.15) is 0 Å². The zero-order chi connectivity index (χ0) is 35.4. The van der Waals surface area contributed by atoms with Gasteiger partial charge in [-0.25, -0.2) is 9.97 Å². The highest BCUT2D eigenvalue weighted by Crippen LogP contribution is 2.58. The highest BCUT2D eigenvalue weighted by molar-refractivity contribution is 7.26. The van der Waals surface area contributed by atoms with E-state index < -0.39 is 0 Å². The van der Waals surface area contributed by atoms with E-state index >= 15 is 0 Å². The Balaban J connectivity index is 1.32. The zero-order valence-corrected chi connectivity index (χ0v) is 30.9. The number of para-hydroxylation sites is 2. The van der Waals surface area contributed by atoms with Gasteiger partial charge in [0.25, 0.3) is 0 Å². The smallest absolute Gasteiger partial charge is 0.162 e. The van der Waals surface area contributed by atoms with E-state index in [9.17, 15) is 0 Å². The van der Waals surface area contributed by atoms with Gasteiger partial charge in [-0.3, -0.25) is 4.57 Å². The maximum absolute atomic E-state index is 5.54. The molecule has 4 nitrogen and oxygen atoms in total. The van der Waals surface area contributed by atoms with Gasteiger partial charge >= 0.3 is 0 Å². The monoisotopic (exact) mass is 700 g/mol. The van der Waals surface area contributed by atoms with E-state index in [0.717, 1.165) is 39.4 Å². The van der Waals surface area contributed by atoms with Gasteiger partial charge in [0.2, 0.25) is 0 Å². The summed E-state index contributed by atoms with van der Waals surface area (Å²) in [5, 5.41) is 6.21. The summed E-state index contributed by atoms with van der Waals surface area (Å²) < 4.78 is 7.41. The number of nitrogens with zero attached hydrogens (tertiary/aromatic N) is 4. The summed E-state index contributed by atoms with van der Waals surface area (Å²) in [6.45, 7) is 9.85. The number of aromatic nitrogens is 4. The number of hydrogen-bond donors (Lipinski definition) is 0. The number of fused-ring (bicyclic) bond motifs is 12. The van der Waals surface area contributed by atoms with Crippen molar-refractivity contribution in [3.8, 4) is 22.9 Å². The van der Waals surface area contributed by atoms with Crippen molar-refractivity contribution in [2.24, 2.45) is 5.92 Å². The van der Waals surface area contributed by atoms with Crippen LogP contribution in [-0.4, -0.2) is 19.1 Å². The molecule has 6 aromatic carbocycles. The average Bonchev–Trinajstić information content (AvgIpc) is 3.85. The molecule has 2 atom stereocenters. The van der Waals surface area contributed by atoms with E-state index in [0.29, 0.717) is 5.92 Å². The lowest BCUT2D eigenvalue weighted by Crippen LogP contribution is -2.44. The SMILES string of the molecule is CC1CC2(C)c3c(cccc3C1(C)C)-n1c3c2cccc3c2ccc3c4ccccc4n(-c4nc(-c5ccccc5)nc5c4sc4ccccc45)c3c21. The van der Waals surface area contributed by atoms with Crippen molar-refractivity contribution in [3.05, 3.63) is 144 Å². The van der Waals surface area contributed by atoms with Crippen molar-refractivity contribution in [3.63, 3.8) is 0 Å².